The molecular weight excluding hydrogens is 292 g/mol. The van der Waals surface area contributed by atoms with E-state index in [1.807, 2.05) is 12.1 Å². The number of fused-ring (bicyclic) bond motifs is 1. The molecule has 0 bridgehead atoms. The second-order valence-electron chi connectivity index (χ2n) is 4.69. The summed E-state index contributed by atoms with van der Waals surface area (Å²) in [7, 11) is 0. The van der Waals surface area contributed by atoms with Crippen LogP contribution >= 0.6 is 0 Å². The quantitative estimate of drug-likeness (QED) is 0.772. The maximum absolute atomic E-state index is 12.2. The van der Waals surface area contributed by atoms with Gasteiger partial charge in [-0.05, 0) is 30.7 Å². The minimum Gasteiger partial charge on any atom is -0.435 e. The maximum Gasteiger partial charge on any atom is 0.387 e. The molecule has 1 aromatic heterocycles. The molecule has 0 radical (unpaired) electrons. The lowest BCUT2D eigenvalue weighted by Crippen LogP contribution is -2.22. The molecule has 1 aromatic carbocycles. The highest BCUT2D eigenvalue weighted by Crippen LogP contribution is 2.22. The molecule has 0 aliphatic carbocycles. The second kappa shape index (κ2) is 7.53. The molecule has 0 saturated carbocycles. The molecule has 1 amide bonds. The molecule has 0 fully saturated rings. The van der Waals surface area contributed by atoms with Crippen LogP contribution < -0.4 is 15.4 Å². The number of pyridine rings is 1. The Labute approximate surface area is 126 Å². The normalized spacial score (nSPS) is 10.7. The number of carbonyl (C=O) groups excluding carboxylic acids is 1. The molecule has 2 aromatic rings. The summed E-state index contributed by atoms with van der Waals surface area (Å²) in [5.74, 6) is 0.665. The molecule has 2 rings (SSSR count). The first kappa shape index (κ1) is 15.9. The first-order chi connectivity index (χ1) is 10.5. The Balaban J connectivity index is 1.97. The van der Waals surface area contributed by atoms with Crippen molar-refractivity contribution < 1.29 is 18.3 Å². The van der Waals surface area contributed by atoms with Gasteiger partial charge in [-0.3, -0.25) is 4.79 Å². The van der Waals surface area contributed by atoms with Crippen molar-refractivity contribution in [2.24, 2.45) is 0 Å². The minimum absolute atomic E-state index is 0.0598. The van der Waals surface area contributed by atoms with Gasteiger partial charge in [-0.25, -0.2) is 4.98 Å². The summed E-state index contributed by atoms with van der Waals surface area (Å²) >= 11 is 0. The summed E-state index contributed by atoms with van der Waals surface area (Å²) in [4.78, 5) is 15.1. The highest BCUT2D eigenvalue weighted by molar-refractivity contribution is 5.81. The molecule has 0 aliphatic heterocycles. The molecule has 1 heterocycles. The van der Waals surface area contributed by atoms with E-state index in [4.69, 9.17) is 0 Å². The van der Waals surface area contributed by atoms with E-state index in [0.717, 1.165) is 11.8 Å². The number of amides is 1. The fourth-order valence-electron chi connectivity index (χ4n) is 1.94. The van der Waals surface area contributed by atoms with Crippen molar-refractivity contribution in [1.82, 2.24) is 10.3 Å². The van der Waals surface area contributed by atoms with Gasteiger partial charge in [-0.1, -0.05) is 0 Å². The molecule has 0 spiro atoms. The molecule has 0 unspecified atom stereocenters. The lowest BCUT2D eigenvalue weighted by molar-refractivity contribution is -0.118. The van der Waals surface area contributed by atoms with Crippen LogP contribution in [0, 0.1) is 0 Å². The summed E-state index contributed by atoms with van der Waals surface area (Å²) in [5.41, 5.74) is 0.574. The number of rotatable bonds is 7. The van der Waals surface area contributed by atoms with Crippen molar-refractivity contribution in [3.63, 3.8) is 0 Å². The Bertz CT molecular complexity index is 650. The van der Waals surface area contributed by atoms with Gasteiger partial charge >= 0.3 is 6.61 Å². The number of benzene rings is 1. The van der Waals surface area contributed by atoms with Gasteiger partial charge < -0.3 is 15.4 Å². The number of carbonyl (C=O) groups is 1. The van der Waals surface area contributed by atoms with Crippen molar-refractivity contribution in [2.45, 2.75) is 20.0 Å². The summed E-state index contributed by atoms with van der Waals surface area (Å²) in [6.45, 7) is -0.154. The monoisotopic (exact) mass is 309 g/mol. The largest absolute Gasteiger partial charge is 0.435 e. The van der Waals surface area contributed by atoms with E-state index >= 15 is 0 Å². The van der Waals surface area contributed by atoms with Gasteiger partial charge in [0.25, 0.3) is 0 Å². The van der Waals surface area contributed by atoms with E-state index < -0.39 is 6.61 Å². The molecule has 118 valence electrons. The fourth-order valence-corrected chi connectivity index (χ4v) is 1.94. The van der Waals surface area contributed by atoms with Crippen LogP contribution in [0.3, 0.4) is 0 Å². The zero-order chi connectivity index (χ0) is 15.9. The van der Waals surface area contributed by atoms with Crippen LogP contribution in [0.4, 0.5) is 14.6 Å². The van der Waals surface area contributed by atoms with Crippen LogP contribution in [0.25, 0.3) is 10.9 Å². The number of hydrogen-bond acceptors (Lipinski definition) is 4. The van der Waals surface area contributed by atoms with Crippen molar-refractivity contribution in [3.8, 4) is 5.75 Å². The second-order valence-corrected chi connectivity index (χ2v) is 4.69. The number of alkyl halides is 2. The van der Waals surface area contributed by atoms with Gasteiger partial charge in [-0.2, -0.15) is 8.78 Å². The first-order valence-corrected chi connectivity index (χ1v) is 6.88. The number of nitrogens with zero attached hydrogens (tertiary/aromatic N) is 1. The first-order valence-electron chi connectivity index (χ1n) is 6.88. The van der Waals surface area contributed by atoms with E-state index in [1.54, 1.807) is 6.07 Å². The maximum atomic E-state index is 12.2. The molecule has 0 atom stereocenters. The molecule has 0 aliphatic rings. The van der Waals surface area contributed by atoms with E-state index in [1.165, 1.54) is 19.1 Å². The zero-order valence-corrected chi connectivity index (χ0v) is 12.1. The molecule has 2 N–H and O–H groups in total. The van der Waals surface area contributed by atoms with E-state index in [0.29, 0.717) is 24.4 Å². The average molecular weight is 309 g/mol. The Morgan fingerprint density at radius 2 is 2.05 bits per heavy atom. The minimum atomic E-state index is -2.85. The third-order valence-electron chi connectivity index (χ3n) is 2.92. The topological polar surface area (TPSA) is 63.2 Å². The SMILES string of the molecule is CC(=O)NCCCNc1ccc2ccc(OC(F)F)cc2n1. The number of nitrogens with one attached hydrogen (secondary N) is 2. The van der Waals surface area contributed by atoms with Crippen LogP contribution in [0.2, 0.25) is 0 Å². The molecular formula is C15H17F2N3O2. The number of ether oxygens (including phenoxy) is 1. The Kier molecular flexibility index (Phi) is 5.46. The van der Waals surface area contributed by atoms with Crippen LogP contribution in [0.1, 0.15) is 13.3 Å². The third-order valence-corrected chi connectivity index (χ3v) is 2.92. The van der Waals surface area contributed by atoms with Gasteiger partial charge in [0.15, 0.2) is 0 Å². The van der Waals surface area contributed by atoms with E-state index in [-0.39, 0.29) is 11.7 Å². The van der Waals surface area contributed by atoms with Gasteiger partial charge in [0.2, 0.25) is 5.91 Å². The van der Waals surface area contributed by atoms with Crippen LogP contribution in [0.5, 0.6) is 5.75 Å². The average Bonchev–Trinajstić information content (AvgIpc) is 2.45. The van der Waals surface area contributed by atoms with Gasteiger partial charge in [0.1, 0.15) is 11.6 Å². The van der Waals surface area contributed by atoms with Crippen molar-refractivity contribution in [1.29, 1.82) is 0 Å². The number of anilines is 1. The highest BCUT2D eigenvalue weighted by atomic mass is 19.3. The van der Waals surface area contributed by atoms with Gasteiger partial charge in [0, 0.05) is 31.5 Å². The Morgan fingerprint density at radius 1 is 1.27 bits per heavy atom. The zero-order valence-electron chi connectivity index (χ0n) is 12.1. The van der Waals surface area contributed by atoms with Crippen LogP contribution in [0.15, 0.2) is 30.3 Å². The third kappa shape index (κ3) is 4.83. The number of halogens is 2. The van der Waals surface area contributed by atoms with E-state index in [2.05, 4.69) is 20.4 Å². The van der Waals surface area contributed by atoms with Gasteiger partial charge in [0.05, 0.1) is 5.52 Å². The predicted octanol–water partition coefficient (Wildman–Crippen LogP) is 2.77. The molecule has 0 saturated heterocycles. The summed E-state index contributed by atoms with van der Waals surface area (Å²) in [5, 5.41) is 6.66. The highest BCUT2D eigenvalue weighted by Gasteiger charge is 2.06. The molecule has 22 heavy (non-hydrogen) atoms. The van der Waals surface area contributed by atoms with Crippen molar-refractivity contribution in [3.05, 3.63) is 30.3 Å². The van der Waals surface area contributed by atoms with Gasteiger partial charge in [-0.15, -0.1) is 0 Å². The lowest BCUT2D eigenvalue weighted by Gasteiger charge is -2.08. The summed E-state index contributed by atoms with van der Waals surface area (Å²) < 4.78 is 28.8. The molecule has 5 nitrogen and oxygen atoms in total. The predicted molar refractivity (Wildman–Crippen MR) is 80.2 cm³/mol. The Hall–Kier alpha value is -2.44. The van der Waals surface area contributed by atoms with Crippen molar-refractivity contribution >= 4 is 22.6 Å². The lowest BCUT2D eigenvalue weighted by atomic mass is 10.2. The fraction of sp³-hybridized carbons (Fsp3) is 0.333. The number of aromatic nitrogens is 1. The summed E-state index contributed by atoms with van der Waals surface area (Å²) in [6, 6.07) is 8.31. The summed E-state index contributed by atoms with van der Waals surface area (Å²) in [6.07, 6.45) is 0.758. The number of hydrogen-bond donors (Lipinski definition) is 2. The Morgan fingerprint density at radius 3 is 2.77 bits per heavy atom. The van der Waals surface area contributed by atoms with Crippen LogP contribution in [-0.4, -0.2) is 30.6 Å². The molecule has 7 heteroatoms. The van der Waals surface area contributed by atoms with Crippen LogP contribution in [-0.2, 0) is 4.79 Å². The van der Waals surface area contributed by atoms with Crippen molar-refractivity contribution in [2.75, 3.05) is 18.4 Å². The standard InChI is InChI=1S/C15H17F2N3O2/c1-10(21)18-7-2-8-19-14-6-4-11-3-5-12(22-15(16)17)9-13(11)20-14/h3-6,9,15H,2,7-8H2,1H3,(H,18,21)(H,19,20). The smallest absolute Gasteiger partial charge is 0.387 e. The van der Waals surface area contributed by atoms with E-state index in [9.17, 15) is 13.6 Å².